The van der Waals surface area contributed by atoms with Crippen LogP contribution in [0.1, 0.15) is 57.3 Å². The van der Waals surface area contributed by atoms with Gasteiger partial charge in [-0.1, -0.05) is 13.8 Å². The van der Waals surface area contributed by atoms with Crippen LogP contribution in [0.25, 0.3) is 11.2 Å². The van der Waals surface area contributed by atoms with Gasteiger partial charge in [0.05, 0.1) is 5.38 Å². The Morgan fingerprint density at radius 3 is 2.89 bits per heavy atom. The van der Waals surface area contributed by atoms with Crippen LogP contribution in [0.4, 0.5) is 0 Å². The summed E-state index contributed by atoms with van der Waals surface area (Å²) in [6, 6.07) is 4.42. The van der Waals surface area contributed by atoms with Crippen molar-refractivity contribution in [2.45, 2.75) is 51.5 Å². The molecule has 2 aromatic heterocycles. The lowest BCUT2D eigenvalue weighted by Gasteiger charge is -2.20. The number of alkyl halides is 1. The molecule has 0 saturated heterocycles. The Morgan fingerprint density at radius 1 is 1.47 bits per heavy atom. The topological polar surface area (TPSA) is 30.7 Å². The highest BCUT2D eigenvalue weighted by Crippen LogP contribution is 2.45. The van der Waals surface area contributed by atoms with Crippen molar-refractivity contribution in [2.75, 3.05) is 0 Å². The number of fused-ring (bicyclic) bond motifs is 1. The summed E-state index contributed by atoms with van der Waals surface area (Å²) in [6.07, 6.45) is 5.45. The zero-order valence-electron chi connectivity index (χ0n) is 11.7. The molecule has 1 fully saturated rings. The molecule has 0 spiro atoms. The molecule has 3 rings (SSSR count). The summed E-state index contributed by atoms with van der Waals surface area (Å²) in [5.74, 6) is 0.957. The molecule has 2 aromatic rings. The molecule has 0 N–H and O–H groups in total. The van der Waals surface area contributed by atoms with E-state index < -0.39 is 0 Å². The smallest absolute Gasteiger partial charge is 0.160 e. The van der Waals surface area contributed by atoms with E-state index in [1.807, 2.05) is 25.3 Å². The van der Waals surface area contributed by atoms with E-state index in [9.17, 15) is 0 Å². The summed E-state index contributed by atoms with van der Waals surface area (Å²) < 4.78 is 2.28. The SMILES string of the molecule is CC(Cl)c1nc2cccnc2n1C1CCC(C)(C)C1. The fraction of sp³-hybridized carbons (Fsp3) is 0.600. The van der Waals surface area contributed by atoms with Gasteiger partial charge in [0.15, 0.2) is 5.65 Å². The van der Waals surface area contributed by atoms with Gasteiger partial charge < -0.3 is 4.57 Å². The van der Waals surface area contributed by atoms with Gasteiger partial charge in [0.1, 0.15) is 11.3 Å². The number of nitrogens with zero attached hydrogens (tertiary/aromatic N) is 3. The lowest BCUT2D eigenvalue weighted by Crippen LogP contribution is -2.13. The van der Waals surface area contributed by atoms with E-state index in [-0.39, 0.29) is 5.38 Å². The van der Waals surface area contributed by atoms with Crippen LogP contribution in [0, 0.1) is 5.41 Å². The van der Waals surface area contributed by atoms with E-state index >= 15 is 0 Å². The van der Waals surface area contributed by atoms with E-state index in [0.29, 0.717) is 11.5 Å². The maximum atomic E-state index is 6.32. The van der Waals surface area contributed by atoms with Crippen LogP contribution in [0.3, 0.4) is 0 Å². The van der Waals surface area contributed by atoms with Gasteiger partial charge in [-0.2, -0.15) is 0 Å². The first-order valence-electron chi connectivity index (χ1n) is 6.95. The molecule has 4 heteroatoms. The third kappa shape index (κ3) is 2.25. The second kappa shape index (κ2) is 4.48. The van der Waals surface area contributed by atoms with Gasteiger partial charge in [-0.25, -0.2) is 9.97 Å². The van der Waals surface area contributed by atoms with E-state index in [1.165, 1.54) is 19.3 Å². The van der Waals surface area contributed by atoms with Crippen molar-refractivity contribution in [1.82, 2.24) is 14.5 Å². The Bertz CT molecular complexity index is 600. The lowest BCUT2D eigenvalue weighted by atomic mass is 9.92. The molecule has 102 valence electrons. The summed E-state index contributed by atoms with van der Waals surface area (Å²) in [7, 11) is 0. The Labute approximate surface area is 119 Å². The molecule has 19 heavy (non-hydrogen) atoms. The van der Waals surface area contributed by atoms with Crippen molar-refractivity contribution < 1.29 is 0 Å². The molecule has 2 unspecified atom stereocenters. The molecular weight excluding hydrogens is 258 g/mol. The highest BCUT2D eigenvalue weighted by Gasteiger charge is 2.34. The van der Waals surface area contributed by atoms with Gasteiger partial charge in [-0.05, 0) is 43.7 Å². The van der Waals surface area contributed by atoms with Gasteiger partial charge >= 0.3 is 0 Å². The first kappa shape index (κ1) is 12.9. The predicted molar refractivity (Wildman–Crippen MR) is 78.5 cm³/mol. The molecule has 0 aliphatic heterocycles. The molecule has 0 bridgehead atoms. The van der Waals surface area contributed by atoms with Crippen molar-refractivity contribution in [3.8, 4) is 0 Å². The Morgan fingerprint density at radius 2 is 2.26 bits per heavy atom. The van der Waals surface area contributed by atoms with Crippen molar-refractivity contribution in [3.05, 3.63) is 24.2 Å². The Balaban J connectivity index is 2.13. The Kier molecular flexibility index (Phi) is 3.05. The molecule has 0 aromatic carbocycles. The zero-order valence-corrected chi connectivity index (χ0v) is 12.5. The molecular formula is C15H20ClN3. The van der Waals surface area contributed by atoms with Crippen molar-refractivity contribution in [2.24, 2.45) is 5.41 Å². The molecule has 2 atom stereocenters. The molecule has 0 radical (unpaired) electrons. The second-order valence-corrected chi connectivity index (χ2v) is 7.02. The fourth-order valence-electron chi connectivity index (χ4n) is 3.21. The highest BCUT2D eigenvalue weighted by atomic mass is 35.5. The van der Waals surface area contributed by atoms with Gasteiger partial charge in [0.25, 0.3) is 0 Å². The fourth-order valence-corrected chi connectivity index (χ4v) is 3.36. The largest absolute Gasteiger partial charge is 0.308 e. The van der Waals surface area contributed by atoms with Gasteiger partial charge in [0, 0.05) is 12.2 Å². The normalized spacial score (nSPS) is 23.9. The van der Waals surface area contributed by atoms with Crippen LogP contribution in [0.15, 0.2) is 18.3 Å². The molecule has 1 aliphatic rings. The highest BCUT2D eigenvalue weighted by molar-refractivity contribution is 6.20. The number of pyridine rings is 1. The predicted octanol–water partition coefficient (Wildman–Crippen LogP) is 4.48. The van der Waals surface area contributed by atoms with E-state index in [2.05, 4.69) is 28.4 Å². The number of imidazole rings is 1. The summed E-state index contributed by atoms with van der Waals surface area (Å²) in [5, 5.41) is -0.0853. The van der Waals surface area contributed by atoms with Crippen LogP contribution in [-0.2, 0) is 0 Å². The van der Waals surface area contributed by atoms with E-state index in [4.69, 9.17) is 11.6 Å². The molecule has 1 aliphatic carbocycles. The molecule has 2 heterocycles. The summed E-state index contributed by atoms with van der Waals surface area (Å²) in [5.41, 5.74) is 2.34. The maximum absolute atomic E-state index is 6.32. The van der Waals surface area contributed by atoms with Crippen LogP contribution >= 0.6 is 11.6 Å². The first-order valence-corrected chi connectivity index (χ1v) is 7.38. The van der Waals surface area contributed by atoms with Crippen molar-refractivity contribution in [1.29, 1.82) is 0 Å². The number of aromatic nitrogens is 3. The molecule has 1 saturated carbocycles. The molecule has 0 amide bonds. The van der Waals surface area contributed by atoms with Crippen LogP contribution < -0.4 is 0 Å². The number of rotatable bonds is 2. The monoisotopic (exact) mass is 277 g/mol. The number of hydrogen-bond donors (Lipinski definition) is 0. The van der Waals surface area contributed by atoms with Crippen LogP contribution in [0.2, 0.25) is 0 Å². The summed E-state index contributed by atoms with van der Waals surface area (Å²) >= 11 is 6.32. The average molecular weight is 278 g/mol. The number of halogens is 1. The summed E-state index contributed by atoms with van der Waals surface area (Å²) in [6.45, 7) is 6.66. The third-order valence-corrected chi connectivity index (χ3v) is 4.33. The zero-order chi connectivity index (χ0) is 13.6. The minimum absolute atomic E-state index is 0.0853. The van der Waals surface area contributed by atoms with Crippen LogP contribution in [-0.4, -0.2) is 14.5 Å². The van der Waals surface area contributed by atoms with E-state index in [1.54, 1.807) is 0 Å². The van der Waals surface area contributed by atoms with Gasteiger partial charge in [-0.3, -0.25) is 0 Å². The summed E-state index contributed by atoms with van der Waals surface area (Å²) in [4.78, 5) is 9.19. The standard InChI is InChI=1S/C15H20ClN3/c1-10(16)13-18-12-5-4-8-17-14(12)19(13)11-6-7-15(2,3)9-11/h4-5,8,10-11H,6-7,9H2,1-3H3. The quantitative estimate of drug-likeness (QED) is 0.758. The van der Waals surface area contributed by atoms with Gasteiger partial charge in [-0.15, -0.1) is 11.6 Å². The lowest BCUT2D eigenvalue weighted by molar-refractivity contribution is 0.358. The first-order chi connectivity index (χ1) is 8.98. The average Bonchev–Trinajstić information content (AvgIpc) is 2.89. The minimum atomic E-state index is -0.0853. The second-order valence-electron chi connectivity index (χ2n) is 6.36. The van der Waals surface area contributed by atoms with Crippen molar-refractivity contribution >= 4 is 22.8 Å². The van der Waals surface area contributed by atoms with E-state index in [0.717, 1.165) is 17.0 Å². The van der Waals surface area contributed by atoms with Crippen molar-refractivity contribution in [3.63, 3.8) is 0 Å². The third-order valence-electron chi connectivity index (χ3n) is 4.14. The minimum Gasteiger partial charge on any atom is -0.308 e. The van der Waals surface area contributed by atoms with Crippen LogP contribution in [0.5, 0.6) is 0 Å². The van der Waals surface area contributed by atoms with Gasteiger partial charge in [0.2, 0.25) is 0 Å². The number of hydrogen-bond acceptors (Lipinski definition) is 2. The Hall–Kier alpha value is -1.09. The maximum Gasteiger partial charge on any atom is 0.160 e. The molecule has 3 nitrogen and oxygen atoms in total.